The van der Waals surface area contributed by atoms with Crippen molar-refractivity contribution < 1.29 is 0 Å². The molecule has 2 aliphatic carbocycles. The molecule has 2 heteroatoms. The van der Waals surface area contributed by atoms with Crippen LogP contribution >= 0.6 is 0 Å². The lowest BCUT2D eigenvalue weighted by molar-refractivity contribution is 0.301. The first-order valence-electron chi connectivity index (χ1n) is 8.05. The predicted molar refractivity (Wildman–Crippen MR) is 76.6 cm³/mol. The Bertz CT molecular complexity index is 281. The molecule has 4 atom stereocenters. The van der Waals surface area contributed by atoms with Crippen LogP contribution in [0, 0.1) is 11.8 Å². The van der Waals surface area contributed by atoms with Gasteiger partial charge in [0.1, 0.15) is 0 Å². The van der Waals surface area contributed by atoms with E-state index in [-0.39, 0.29) is 0 Å². The van der Waals surface area contributed by atoms with Crippen molar-refractivity contribution in [3.63, 3.8) is 0 Å². The van der Waals surface area contributed by atoms with Gasteiger partial charge in [0, 0.05) is 12.1 Å². The van der Waals surface area contributed by atoms with Gasteiger partial charge in [-0.05, 0) is 69.9 Å². The standard InChI is InChI=1S/C16H28N2/c1-2-6-13(7-3-1)12-18-16-9-4-8-14(16)15-10-5-11-17-15/h1-2,13-18H,3-12H2. The van der Waals surface area contributed by atoms with Gasteiger partial charge < -0.3 is 10.6 Å². The Balaban J connectivity index is 1.47. The van der Waals surface area contributed by atoms with Crippen LogP contribution in [0.5, 0.6) is 0 Å². The van der Waals surface area contributed by atoms with E-state index in [0.717, 1.165) is 23.9 Å². The molecule has 1 saturated heterocycles. The predicted octanol–water partition coefficient (Wildman–Crippen LogP) is 2.85. The SMILES string of the molecule is C1=CCC(CNC2CCCC2C2CCCN2)CC1. The Morgan fingerprint density at radius 1 is 1.06 bits per heavy atom. The molecule has 0 aromatic heterocycles. The molecule has 18 heavy (non-hydrogen) atoms. The maximum Gasteiger partial charge on any atom is 0.0111 e. The highest BCUT2D eigenvalue weighted by atomic mass is 15.0. The van der Waals surface area contributed by atoms with Gasteiger partial charge in [-0.3, -0.25) is 0 Å². The second-order valence-corrected chi connectivity index (χ2v) is 6.46. The van der Waals surface area contributed by atoms with Crippen molar-refractivity contribution >= 4 is 0 Å². The summed E-state index contributed by atoms with van der Waals surface area (Å²) in [4.78, 5) is 0. The van der Waals surface area contributed by atoms with Gasteiger partial charge >= 0.3 is 0 Å². The van der Waals surface area contributed by atoms with E-state index < -0.39 is 0 Å². The molecular weight excluding hydrogens is 220 g/mol. The van der Waals surface area contributed by atoms with E-state index >= 15 is 0 Å². The molecule has 3 aliphatic rings. The highest BCUT2D eigenvalue weighted by molar-refractivity contribution is 4.95. The number of rotatable bonds is 4. The molecule has 102 valence electrons. The molecule has 3 rings (SSSR count). The first-order valence-corrected chi connectivity index (χ1v) is 8.05. The van der Waals surface area contributed by atoms with Crippen LogP contribution in [0.2, 0.25) is 0 Å². The minimum atomic E-state index is 0.798. The Hall–Kier alpha value is -0.340. The third kappa shape index (κ3) is 2.97. The third-order valence-electron chi connectivity index (χ3n) is 5.23. The van der Waals surface area contributed by atoms with Crippen LogP contribution in [-0.4, -0.2) is 25.2 Å². The van der Waals surface area contributed by atoms with Crippen molar-refractivity contribution in [1.82, 2.24) is 10.6 Å². The lowest BCUT2D eigenvalue weighted by Gasteiger charge is -2.28. The van der Waals surface area contributed by atoms with Crippen LogP contribution in [0.4, 0.5) is 0 Å². The number of allylic oxidation sites excluding steroid dienone is 2. The van der Waals surface area contributed by atoms with E-state index in [4.69, 9.17) is 0 Å². The van der Waals surface area contributed by atoms with Crippen molar-refractivity contribution in [2.45, 2.75) is 63.5 Å². The normalized spacial score (nSPS) is 40.4. The zero-order valence-corrected chi connectivity index (χ0v) is 11.5. The summed E-state index contributed by atoms with van der Waals surface area (Å²) in [6.45, 7) is 2.50. The lowest BCUT2D eigenvalue weighted by atomic mass is 9.91. The van der Waals surface area contributed by atoms with Gasteiger partial charge in [-0.25, -0.2) is 0 Å². The molecular formula is C16H28N2. The van der Waals surface area contributed by atoms with Crippen LogP contribution in [0.1, 0.15) is 51.4 Å². The summed E-state index contributed by atoms with van der Waals surface area (Å²) in [6.07, 6.45) is 15.8. The first-order chi connectivity index (χ1) is 8.93. The van der Waals surface area contributed by atoms with Gasteiger partial charge in [0.2, 0.25) is 0 Å². The molecule has 0 amide bonds. The Kier molecular flexibility index (Phi) is 4.37. The fourth-order valence-corrected chi connectivity index (χ4v) is 4.16. The van der Waals surface area contributed by atoms with E-state index in [0.29, 0.717) is 0 Å². The summed E-state index contributed by atoms with van der Waals surface area (Å²) in [5.41, 5.74) is 0. The van der Waals surface area contributed by atoms with Gasteiger partial charge in [0.15, 0.2) is 0 Å². The maximum absolute atomic E-state index is 3.90. The molecule has 1 saturated carbocycles. The van der Waals surface area contributed by atoms with Crippen molar-refractivity contribution in [2.24, 2.45) is 11.8 Å². The van der Waals surface area contributed by atoms with Crippen molar-refractivity contribution in [3.8, 4) is 0 Å². The highest BCUT2D eigenvalue weighted by Gasteiger charge is 2.34. The zero-order valence-electron chi connectivity index (χ0n) is 11.5. The van der Waals surface area contributed by atoms with Crippen LogP contribution < -0.4 is 10.6 Å². The number of nitrogens with one attached hydrogen (secondary N) is 2. The fraction of sp³-hybridized carbons (Fsp3) is 0.875. The Labute approximate surface area is 112 Å². The van der Waals surface area contributed by atoms with Gasteiger partial charge in [0.25, 0.3) is 0 Å². The molecule has 2 N–H and O–H groups in total. The summed E-state index contributed by atoms with van der Waals surface area (Å²) in [7, 11) is 0. The number of hydrogen-bond donors (Lipinski definition) is 2. The topological polar surface area (TPSA) is 24.1 Å². The lowest BCUT2D eigenvalue weighted by Crippen LogP contribution is -2.43. The maximum atomic E-state index is 3.90. The van der Waals surface area contributed by atoms with Crippen LogP contribution in [0.15, 0.2) is 12.2 Å². The molecule has 2 nitrogen and oxygen atoms in total. The number of hydrogen-bond acceptors (Lipinski definition) is 2. The molecule has 1 heterocycles. The van der Waals surface area contributed by atoms with E-state index in [1.165, 1.54) is 64.5 Å². The van der Waals surface area contributed by atoms with Crippen LogP contribution in [-0.2, 0) is 0 Å². The van der Waals surface area contributed by atoms with Crippen molar-refractivity contribution in [2.75, 3.05) is 13.1 Å². The molecule has 2 fully saturated rings. The average molecular weight is 248 g/mol. The first kappa shape index (κ1) is 12.7. The van der Waals surface area contributed by atoms with E-state index in [2.05, 4.69) is 22.8 Å². The van der Waals surface area contributed by atoms with Crippen LogP contribution in [0.3, 0.4) is 0 Å². The molecule has 0 spiro atoms. The second kappa shape index (κ2) is 6.21. The van der Waals surface area contributed by atoms with E-state index in [1.807, 2.05) is 0 Å². The summed E-state index contributed by atoms with van der Waals surface area (Å²) in [5, 5.41) is 7.62. The second-order valence-electron chi connectivity index (χ2n) is 6.46. The van der Waals surface area contributed by atoms with Crippen LogP contribution in [0.25, 0.3) is 0 Å². The van der Waals surface area contributed by atoms with E-state index in [1.54, 1.807) is 0 Å². The monoisotopic (exact) mass is 248 g/mol. The molecule has 0 aromatic carbocycles. The molecule has 0 radical (unpaired) electrons. The molecule has 0 bridgehead atoms. The minimum Gasteiger partial charge on any atom is -0.314 e. The van der Waals surface area contributed by atoms with Gasteiger partial charge in [-0.15, -0.1) is 0 Å². The molecule has 1 aliphatic heterocycles. The quantitative estimate of drug-likeness (QED) is 0.748. The fourth-order valence-electron chi connectivity index (χ4n) is 4.16. The molecule has 0 aromatic rings. The minimum absolute atomic E-state index is 0.798. The summed E-state index contributed by atoms with van der Waals surface area (Å²) >= 11 is 0. The smallest absolute Gasteiger partial charge is 0.0111 e. The van der Waals surface area contributed by atoms with Gasteiger partial charge in [0.05, 0.1) is 0 Å². The van der Waals surface area contributed by atoms with Gasteiger partial charge in [-0.2, -0.15) is 0 Å². The Morgan fingerprint density at radius 3 is 2.83 bits per heavy atom. The van der Waals surface area contributed by atoms with E-state index in [9.17, 15) is 0 Å². The largest absolute Gasteiger partial charge is 0.314 e. The third-order valence-corrected chi connectivity index (χ3v) is 5.23. The Morgan fingerprint density at radius 2 is 2.06 bits per heavy atom. The highest BCUT2D eigenvalue weighted by Crippen LogP contribution is 2.32. The average Bonchev–Trinajstić information content (AvgIpc) is 3.08. The zero-order chi connectivity index (χ0) is 12.2. The summed E-state index contributed by atoms with van der Waals surface area (Å²) in [6, 6.07) is 1.61. The van der Waals surface area contributed by atoms with Crippen molar-refractivity contribution in [1.29, 1.82) is 0 Å². The summed E-state index contributed by atoms with van der Waals surface area (Å²) < 4.78 is 0. The molecule has 4 unspecified atom stereocenters. The van der Waals surface area contributed by atoms with Crippen molar-refractivity contribution in [3.05, 3.63) is 12.2 Å². The summed E-state index contributed by atoms with van der Waals surface area (Å²) in [5.74, 6) is 1.81. The van der Waals surface area contributed by atoms with Gasteiger partial charge in [-0.1, -0.05) is 18.6 Å².